The molecule has 1 N–H and O–H groups in total. The van der Waals surface area contributed by atoms with Gasteiger partial charge in [0, 0.05) is 24.2 Å². The molecule has 1 atom stereocenters. The van der Waals surface area contributed by atoms with Crippen LogP contribution in [-0.2, 0) is 4.74 Å². The summed E-state index contributed by atoms with van der Waals surface area (Å²) in [6.45, 7) is 8.55. The van der Waals surface area contributed by atoms with E-state index in [1.54, 1.807) is 0 Å². The molecule has 0 radical (unpaired) electrons. The highest BCUT2D eigenvalue weighted by atomic mass is 79.9. The third-order valence-electron chi connectivity index (χ3n) is 2.12. The predicted molar refractivity (Wildman–Crippen MR) is 54.5 cm³/mol. The number of halogens is 1. The largest absolute Gasteiger partial charge is 0.374 e. The summed E-state index contributed by atoms with van der Waals surface area (Å²) in [6, 6.07) is 0. The van der Waals surface area contributed by atoms with Crippen LogP contribution in [-0.4, -0.2) is 25.3 Å². The Hall–Kier alpha value is 0.140. The van der Waals surface area contributed by atoms with Gasteiger partial charge in [-0.2, -0.15) is 0 Å². The second-order valence-corrected chi connectivity index (χ2v) is 4.64. The van der Waals surface area contributed by atoms with E-state index < -0.39 is 0 Å². The van der Waals surface area contributed by atoms with Gasteiger partial charge in [-0.1, -0.05) is 22.5 Å². The van der Waals surface area contributed by atoms with Gasteiger partial charge in [0.05, 0.1) is 5.60 Å². The van der Waals surface area contributed by atoms with Crippen LogP contribution in [0, 0.1) is 0 Å². The molecule has 1 saturated heterocycles. The molecule has 0 aromatic carbocycles. The molecule has 1 aliphatic heterocycles. The molecule has 12 heavy (non-hydrogen) atoms. The zero-order valence-electron chi connectivity index (χ0n) is 7.53. The minimum atomic E-state index is 0.0580. The summed E-state index contributed by atoms with van der Waals surface area (Å²) in [5.74, 6) is 0. The van der Waals surface area contributed by atoms with Crippen molar-refractivity contribution < 1.29 is 4.74 Å². The summed E-state index contributed by atoms with van der Waals surface area (Å²) in [7, 11) is 0. The van der Waals surface area contributed by atoms with E-state index in [4.69, 9.17) is 4.74 Å². The van der Waals surface area contributed by atoms with Gasteiger partial charge in [-0.3, -0.25) is 0 Å². The van der Waals surface area contributed by atoms with E-state index >= 15 is 0 Å². The number of nitrogens with one attached hydrogen (secondary N) is 1. The van der Waals surface area contributed by atoms with Crippen LogP contribution in [0.3, 0.4) is 0 Å². The first-order chi connectivity index (χ1) is 5.62. The first kappa shape index (κ1) is 10.2. The molecule has 1 unspecified atom stereocenters. The van der Waals surface area contributed by atoms with Crippen molar-refractivity contribution in [1.29, 1.82) is 0 Å². The number of hydrogen-bond donors (Lipinski definition) is 1. The molecule has 70 valence electrons. The Labute approximate surface area is 82.5 Å². The van der Waals surface area contributed by atoms with Crippen molar-refractivity contribution >= 4 is 15.9 Å². The lowest BCUT2D eigenvalue weighted by Gasteiger charge is -2.23. The SMILES string of the molecule is C=C(Br)CNCC1(C)CCCO1. The van der Waals surface area contributed by atoms with Gasteiger partial charge in [0.1, 0.15) is 0 Å². The maximum atomic E-state index is 5.61. The first-order valence-corrected chi connectivity index (χ1v) is 5.10. The fraction of sp³-hybridized carbons (Fsp3) is 0.778. The Bertz CT molecular complexity index is 164. The van der Waals surface area contributed by atoms with E-state index in [9.17, 15) is 0 Å². The molecule has 3 heteroatoms. The van der Waals surface area contributed by atoms with E-state index in [2.05, 4.69) is 34.7 Å². The third kappa shape index (κ3) is 3.25. The molecule has 0 saturated carbocycles. The topological polar surface area (TPSA) is 21.3 Å². The van der Waals surface area contributed by atoms with Crippen LogP contribution in [0.5, 0.6) is 0 Å². The Morgan fingerprint density at radius 2 is 2.50 bits per heavy atom. The maximum Gasteiger partial charge on any atom is 0.0779 e. The van der Waals surface area contributed by atoms with Crippen molar-refractivity contribution in [2.24, 2.45) is 0 Å². The zero-order chi connectivity index (χ0) is 9.03. The minimum Gasteiger partial charge on any atom is -0.374 e. The van der Waals surface area contributed by atoms with Crippen molar-refractivity contribution in [3.8, 4) is 0 Å². The molecule has 0 spiro atoms. The first-order valence-electron chi connectivity index (χ1n) is 4.30. The van der Waals surface area contributed by atoms with Crippen LogP contribution in [0.25, 0.3) is 0 Å². The van der Waals surface area contributed by atoms with Crippen LogP contribution in [0.2, 0.25) is 0 Å². The standard InChI is InChI=1S/C9H16BrNO/c1-8(10)6-11-7-9(2)4-3-5-12-9/h11H,1,3-7H2,2H3. The third-order valence-corrected chi connectivity index (χ3v) is 2.40. The fourth-order valence-corrected chi connectivity index (χ4v) is 1.64. The Balaban J connectivity index is 2.17. The smallest absolute Gasteiger partial charge is 0.0779 e. The molecule has 2 nitrogen and oxygen atoms in total. The Morgan fingerprint density at radius 1 is 1.75 bits per heavy atom. The molecule has 1 fully saturated rings. The van der Waals surface area contributed by atoms with Crippen LogP contribution < -0.4 is 5.32 Å². The fourth-order valence-electron chi connectivity index (χ4n) is 1.44. The van der Waals surface area contributed by atoms with E-state index in [1.807, 2.05) is 0 Å². The van der Waals surface area contributed by atoms with Gasteiger partial charge in [0.15, 0.2) is 0 Å². The molecule has 1 aliphatic rings. The molecular formula is C9H16BrNO. The lowest BCUT2D eigenvalue weighted by atomic mass is 10.0. The number of ether oxygens (including phenoxy) is 1. The monoisotopic (exact) mass is 233 g/mol. The maximum absolute atomic E-state index is 5.61. The van der Waals surface area contributed by atoms with Crippen LogP contribution in [0.15, 0.2) is 11.1 Å². The normalized spacial score (nSPS) is 29.2. The molecule has 0 aromatic rings. The van der Waals surface area contributed by atoms with Crippen molar-refractivity contribution in [1.82, 2.24) is 5.32 Å². The van der Waals surface area contributed by atoms with Gasteiger partial charge in [-0.25, -0.2) is 0 Å². The second-order valence-electron chi connectivity index (χ2n) is 3.52. The van der Waals surface area contributed by atoms with Crippen LogP contribution in [0.1, 0.15) is 19.8 Å². The lowest BCUT2D eigenvalue weighted by Crippen LogP contribution is -2.37. The van der Waals surface area contributed by atoms with Gasteiger partial charge in [0.25, 0.3) is 0 Å². The molecule has 1 rings (SSSR count). The molecule has 0 amide bonds. The summed E-state index contributed by atoms with van der Waals surface area (Å²) >= 11 is 3.30. The van der Waals surface area contributed by atoms with Crippen LogP contribution in [0.4, 0.5) is 0 Å². The highest BCUT2D eigenvalue weighted by Gasteiger charge is 2.28. The van der Waals surface area contributed by atoms with Crippen molar-refractivity contribution in [2.45, 2.75) is 25.4 Å². The lowest BCUT2D eigenvalue weighted by molar-refractivity contribution is 0.0216. The Morgan fingerprint density at radius 3 is 3.00 bits per heavy atom. The van der Waals surface area contributed by atoms with Gasteiger partial charge < -0.3 is 10.1 Å². The van der Waals surface area contributed by atoms with Gasteiger partial charge in [-0.05, 0) is 19.8 Å². The highest BCUT2D eigenvalue weighted by molar-refractivity contribution is 9.11. The quantitative estimate of drug-likeness (QED) is 0.803. The van der Waals surface area contributed by atoms with Crippen molar-refractivity contribution in [3.63, 3.8) is 0 Å². The Kier molecular flexibility index (Phi) is 3.75. The summed E-state index contributed by atoms with van der Waals surface area (Å²) in [5.41, 5.74) is 0.0580. The second kappa shape index (κ2) is 4.40. The molecule has 0 bridgehead atoms. The summed E-state index contributed by atoms with van der Waals surface area (Å²) in [4.78, 5) is 0. The number of hydrogen-bond acceptors (Lipinski definition) is 2. The predicted octanol–water partition coefficient (Wildman–Crippen LogP) is 2.05. The number of rotatable bonds is 4. The average Bonchev–Trinajstić information content (AvgIpc) is 2.35. The van der Waals surface area contributed by atoms with Gasteiger partial charge >= 0.3 is 0 Å². The van der Waals surface area contributed by atoms with E-state index in [-0.39, 0.29) is 5.60 Å². The van der Waals surface area contributed by atoms with Gasteiger partial charge in [0.2, 0.25) is 0 Å². The minimum absolute atomic E-state index is 0.0580. The highest BCUT2D eigenvalue weighted by Crippen LogP contribution is 2.23. The average molecular weight is 234 g/mol. The molecule has 0 aromatic heterocycles. The van der Waals surface area contributed by atoms with Crippen molar-refractivity contribution in [3.05, 3.63) is 11.1 Å². The summed E-state index contributed by atoms with van der Waals surface area (Å²) in [6.07, 6.45) is 2.35. The van der Waals surface area contributed by atoms with Crippen LogP contribution >= 0.6 is 15.9 Å². The van der Waals surface area contributed by atoms with E-state index in [1.165, 1.54) is 6.42 Å². The van der Waals surface area contributed by atoms with E-state index in [0.717, 1.165) is 30.6 Å². The van der Waals surface area contributed by atoms with Crippen molar-refractivity contribution in [2.75, 3.05) is 19.7 Å². The molecular weight excluding hydrogens is 218 g/mol. The molecule has 0 aliphatic carbocycles. The molecule has 1 heterocycles. The van der Waals surface area contributed by atoms with E-state index in [0.29, 0.717) is 0 Å². The summed E-state index contributed by atoms with van der Waals surface area (Å²) < 4.78 is 6.60. The summed E-state index contributed by atoms with van der Waals surface area (Å²) in [5, 5.41) is 3.30. The zero-order valence-corrected chi connectivity index (χ0v) is 9.11. The van der Waals surface area contributed by atoms with Gasteiger partial charge in [-0.15, -0.1) is 0 Å².